The molecular weight excluding hydrogens is 290 g/mol. The molecule has 0 saturated carbocycles. The molecule has 2 amide bonds. The van der Waals surface area contributed by atoms with Gasteiger partial charge in [-0.2, -0.15) is 0 Å². The molecule has 4 heterocycles. The minimum atomic E-state index is -0.339. The number of piperazine rings is 1. The summed E-state index contributed by atoms with van der Waals surface area (Å²) in [6.07, 6.45) is 3.35. The van der Waals surface area contributed by atoms with Crippen LogP contribution in [0.15, 0.2) is 12.1 Å². The molecule has 3 aliphatic rings. The van der Waals surface area contributed by atoms with Crippen molar-refractivity contribution in [3.8, 4) is 0 Å². The quantitative estimate of drug-likeness (QED) is 0.890. The Bertz CT molecular complexity index is 605. The molecule has 124 valence electrons. The zero-order chi connectivity index (χ0) is 16.0. The van der Waals surface area contributed by atoms with E-state index in [1.807, 2.05) is 0 Å². The summed E-state index contributed by atoms with van der Waals surface area (Å²) >= 11 is 0. The lowest BCUT2D eigenvalue weighted by atomic mass is 10.1. The van der Waals surface area contributed by atoms with Crippen LogP contribution in [0.3, 0.4) is 0 Å². The van der Waals surface area contributed by atoms with Crippen LogP contribution in [-0.4, -0.2) is 59.1 Å². The Morgan fingerprint density at radius 1 is 1.30 bits per heavy atom. The predicted octanol–water partition coefficient (Wildman–Crippen LogP) is 1.19. The van der Waals surface area contributed by atoms with E-state index in [-0.39, 0.29) is 6.03 Å². The number of nitrogens with zero attached hydrogens (tertiary/aromatic N) is 4. The van der Waals surface area contributed by atoms with E-state index in [9.17, 15) is 4.79 Å². The third-order valence-electron chi connectivity index (χ3n) is 5.61. The first-order valence-corrected chi connectivity index (χ1v) is 8.69. The maximum absolute atomic E-state index is 11.3. The second kappa shape index (κ2) is 5.67. The molecule has 2 bridgehead atoms. The van der Waals surface area contributed by atoms with Crippen molar-refractivity contribution in [1.82, 2.24) is 14.8 Å². The second-order valence-corrected chi connectivity index (χ2v) is 6.93. The van der Waals surface area contributed by atoms with Crippen molar-refractivity contribution in [2.24, 2.45) is 5.73 Å². The molecule has 4 rings (SSSR count). The van der Waals surface area contributed by atoms with Gasteiger partial charge in [0.25, 0.3) is 0 Å². The Labute approximate surface area is 137 Å². The van der Waals surface area contributed by atoms with E-state index in [1.165, 1.54) is 12.8 Å². The van der Waals surface area contributed by atoms with Gasteiger partial charge in [-0.3, -0.25) is 4.90 Å². The number of pyridine rings is 1. The topological polar surface area (TPSA) is 65.7 Å². The minimum Gasteiger partial charge on any atom is -0.351 e. The number of hydrogen-bond donors (Lipinski definition) is 1. The number of anilines is 1. The molecule has 2 N–H and O–H groups in total. The van der Waals surface area contributed by atoms with Crippen LogP contribution in [0, 0.1) is 0 Å². The van der Waals surface area contributed by atoms with E-state index in [4.69, 9.17) is 10.7 Å². The number of nitrogens with two attached hydrogens (primary N) is 1. The zero-order valence-corrected chi connectivity index (χ0v) is 13.7. The molecule has 3 aliphatic heterocycles. The van der Waals surface area contributed by atoms with Crippen LogP contribution in [-0.2, 0) is 13.0 Å². The lowest BCUT2D eigenvalue weighted by Crippen LogP contribution is -2.54. The van der Waals surface area contributed by atoms with Gasteiger partial charge < -0.3 is 15.5 Å². The van der Waals surface area contributed by atoms with Gasteiger partial charge in [0.05, 0.1) is 0 Å². The largest absolute Gasteiger partial charge is 0.351 e. The number of aromatic nitrogens is 1. The minimum absolute atomic E-state index is 0.339. The molecule has 6 nitrogen and oxygen atoms in total. The molecule has 6 heteroatoms. The van der Waals surface area contributed by atoms with Gasteiger partial charge in [-0.05, 0) is 31.0 Å². The summed E-state index contributed by atoms with van der Waals surface area (Å²) in [5.74, 6) is 1.12. The summed E-state index contributed by atoms with van der Waals surface area (Å²) in [4.78, 5) is 23.1. The van der Waals surface area contributed by atoms with Crippen LogP contribution in [0.1, 0.15) is 31.0 Å². The number of primary amides is 1. The van der Waals surface area contributed by atoms with Gasteiger partial charge in [0, 0.05) is 50.4 Å². The Morgan fingerprint density at radius 3 is 2.70 bits per heavy atom. The van der Waals surface area contributed by atoms with E-state index in [2.05, 4.69) is 28.9 Å². The van der Waals surface area contributed by atoms with E-state index in [0.29, 0.717) is 25.2 Å². The highest BCUT2D eigenvalue weighted by molar-refractivity contribution is 5.72. The number of rotatable bonds is 2. The van der Waals surface area contributed by atoms with Crippen molar-refractivity contribution < 1.29 is 4.79 Å². The summed E-state index contributed by atoms with van der Waals surface area (Å²) in [6.45, 7) is 6.96. The highest BCUT2D eigenvalue weighted by Gasteiger charge is 2.40. The number of likely N-dealkylation sites (tertiary alicyclic amines) is 1. The highest BCUT2D eigenvalue weighted by Crippen LogP contribution is 2.34. The highest BCUT2D eigenvalue weighted by atomic mass is 16.2. The Kier molecular flexibility index (Phi) is 3.64. The number of hydrogen-bond acceptors (Lipinski definition) is 4. The van der Waals surface area contributed by atoms with Gasteiger partial charge in [0.2, 0.25) is 0 Å². The monoisotopic (exact) mass is 315 g/mol. The van der Waals surface area contributed by atoms with Gasteiger partial charge in [-0.15, -0.1) is 0 Å². The number of carbonyl (C=O) groups excluding carboxylic acids is 1. The lowest BCUT2D eigenvalue weighted by molar-refractivity contribution is 0.201. The summed E-state index contributed by atoms with van der Waals surface area (Å²) in [7, 11) is 0. The Hall–Kier alpha value is -1.82. The fraction of sp³-hybridized carbons (Fsp3) is 0.647. The molecule has 2 saturated heterocycles. The molecule has 23 heavy (non-hydrogen) atoms. The van der Waals surface area contributed by atoms with E-state index in [0.717, 1.165) is 43.1 Å². The van der Waals surface area contributed by atoms with Crippen LogP contribution in [0.25, 0.3) is 0 Å². The second-order valence-electron chi connectivity index (χ2n) is 6.93. The summed E-state index contributed by atoms with van der Waals surface area (Å²) in [6, 6.07) is 5.14. The number of urea groups is 1. The van der Waals surface area contributed by atoms with Crippen molar-refractivity contribution in [1.29, 1.82) is 0 Å². The third-order valence-corrected chi connectivity index (χ3v) is 5.61. The van der Waals surface area contributed by atoms with Gasteiger partial charge in [0.1, 0.15) is 5.82 Å². The maximum atomic E-state index is 11.3. The Balaban J connectivity index is 1.57. The number of carbonyl (C=O) groups is 1. The van der Waals surface area contributed by atoms with E-state index < -0.39 is 0 Å². The fourth-order valence-electron chi connectivity index (χ4n) is 4.36. The first-order valence-electron chi connectivity index (χ1n) is 8.69. The Morgan fingerprint density at radius 2 is 2.04 bits per heavy atom. The van der Waals surface area contributed by atoms with Crippen molar-refractivity contribution in [3.05, 3.63) is 23.4 Å². The van der Waals surface area contributed by atoms with Crippen molar-refractivity contribution >= 4 is 11.8 Å². The maximum Gasteiger partial charge on any atom is 0.315 e. The molecule has 2 fully saturated rings. The number of likely N-dealkylation sites (N-methyl/N-ethyl adjacent to an activating group) is 1. The zero-order valence-electron chi connectivity index (χ0n) is 13.7. The number of fused-ring (bicyclic) bond motifs is 3. The normalized spacial score (nSPS) is 27.2. The number of amides is 2. The smallest absolute Gasteiger partial charge is 0.315 e. The molecule has 0 aromatic carbocycles. The summed E-state index contributed by atoms with van der Waals surface area (Å²) in [5.41, 5.74) is 7.67. The first-order chi connectivity index (χ1) is 11.2. The average Bonchev–Trinajstić information content (AvgIpc) is 2.83. The van der Waals surface area contributed by atoms with Gasteiger partial charge in [-0.25, -0.2) is 9.78 Å². The molecule has 0 aliphatic carbocycles. The third kappa shape index (κ3) is 2.55. The van der Waals surface area contributed by atoms with Crippen molar-refractivity contribution in [2.75, 3.05) is 31.1 Å². The van der Waals surface area contributed by atoms with Crippen molar-refractivity contribution in [2.45, 2.75) is 44.8 Å². The van der Waals surface area contributed by atoms with Gasteiger partial charge >= 0.3 is 6.03 Å². The standard InChI is InChI=1S/C17H25N5O/c1-2-20-10-13-4-5-14(11-20)22(13)16-6-3-12-9-21(17(18)23)8-7-15(12)19-16/h3,6,13-14H,2,4-5,7-11H2,1H3,(H2,18,23). The van der Waals surface area contributed by atoms with E-state index >= 15 is 0 Å². The van der Waals surface area contributed by atoms with Crippen LogP contribution in [0.2, 0.25) is 0 Å². The van der Waals surface area contributed by atoms with Crippen LogP contribution >= 0.6 is 0 Å². The molecule has 2 atom stereocenters. The van der Waals surface area contributed by atoms with Crippen molar-refractivity contribution in [3.63, 3.8) is 0 Å². The van der Waals surface area contributed by atoms with Gasteiger partial charge in [0.15, 0.2) is 0 Å². The van der Waals surface area contributed by atoms with Gasteiger partial charge in [-0.1, -0.05) is 13.0 Å². The fourth-order valence-corrected chi connectivity index (χ4v) is 4.36. The molecule has 0 radical (unpaired) electrons. The molecule has 2 unspecified atom stereocenters. The molecule has 1 aromatic heterocycles. The molecule has 1 aromatic rings. The first kappa shape index (κ1) is 14.8. The lowest BCUT2D eigenvalue weighted by Gasteiger charge is -2.42. The predicted molar refractivity (Wildman–Crippen MR) is 89.3 cm³/mol. The van der Waals surface area contributed by atoms with E-state index in [1.54, 1.807) is 4.90 Å². The van der Waals surface area contributed by atoms with Crippen LogP contribution in [0.5, 0.6) is 0 Å². The summed E-state index contributed by atoms with van der Waals surface area (Å²) in [5, 5.41) is 0. The van der Waals surface area contributed by atoms with Crippen LogP contribution < -0.4 is 10.6 Å². The summed E-state index contributed by atoms with van der Waals surface area (Å²) < 4.78 is 0. The average molecular weight is 315 g/mol. The molecular formula is C17H25N5O. The SMILES string of the molecule is CCN1CC2CCC(C1)N2c1ccc2c(n1)CCN(C(N)=O)C2. The van der Waals surface area contributed by atoms with Crippen LogP contribution in [0.4, 0.5) is 10.6 Å². The molecule has 0 spiro atoms.